The Balaban J connectivity index is 1.93. The quantitative estimate of drug-likeness (QED) is 0.878. The fourth-order valence-electron chi connectivity index (χ4n) is 1.83. The number of thiazole rings is 1. The summed E-state index contributed by atoms with van der Waals surface area (Å²) in [7, 11) is 4.08. The number of nitrogens with zero attached hydrogens (tertiary/aromatic N) is 2. The molecule has 0 spiro atoms. The maximum atomic E-state index is 4.50. The van der Waals surface area contributed by atoms with Crippen molar-refractivity contribution in [3.05, 3.63) is 47.0 Å². The highest BCUT2D eigenvalue weighted by atomic mass is 32.1. The second-order valence-electron chi connectivity index (χ2n) is 4.71. The lowest BCUT2D eigenvalue weighted by atomic mass is 10.1. The number of nitrogens with one attached hydrogen (secondary N) is 1. The van der Waals surface area contributed by atoms with E-state index >= 15 is 0 Å². The van der Waals surface area contributed by atoms with Crippen molar-refractivity contribution >= 4 is 16.5 Å². The van der Waals surface area contributed by atoms with Crippen LogP contribution in [0.15, 0.2) is 36.5 Å². The molecular formula is C15H21N3S. The van der Waals surface area contributed by atoms with Crippen molar-refractivity contribution < 1.29 is 0 Å². The molecule has 1 atom stereocenters. The van der Waals surface area contributed by atoms with Crippen LogP contribution in [0.3, 0.4) is 0 Å². The molecule has 1 aromatic heterocycles. The molecule has 0 aliphatic carbocycles. The molecule has 1 heterocycles. The molecular weight excluding hydrogens is 254 g/mol. The molecule has 3 nitrogen and oxygen atoms in total. The number of likely N-dealkylation sites (N-methyl/N-ethyl adjacent to an activating group) is 1. The predicted molar refractivity (Wildman–Crippen MR) is 83.0 cm³/mol. The summed E-state index contributed by atoms with van der Waals surface area (Å²) in [5.41, 5.74) is 1.37. The zero-order valence-electron chi connectivity index (χ0n) is 11.8. The van der Waals surface area contributed by atoms with Crippen molar-refractivity contribution in [2.24, 2.45) is 0 Å². The second kappa shape index (κ2) is 6.68. The summed E-state index contributed by atoms with van der Waals surface area (Å²) >= 11 is 1.76. The van der Waals surface area contributed by atoms with Gasteiger partial charge in [0.25, 0.3) is 0 Å². The van der Waals surface area contributed by atoms with Gasteiger partial charge in [-0.05, 0) is 26.0 Å². The number of hydrogen-bond donors (Lipinski definition) is 1. The van der Waals surface area contributed by atoms with Gasteiger partial charge in [0.2, 0.25) is 0 Å². The molecule has 0 saturated heterocycles. The number of hydrogen-bond acceptors (Lipinski definition) is 4. The van der Waals surface area contributed by atoms with Crippen molar-refractivity contribution in [2.75, 3.05) is 25.5 Å². The average Bonchev–Trinajstić information content (AvgIpc) is 2.95. The minimum Gasteiger partial charge on any atom is -0.351 e. The van der Waals surface area contributed by atoms with Crippen LogP contribution in [0.4, 0.5) is 5.13 Å². The zero-order valence-corrected chi connectivity index (χ0v) is 12.6. The number of anilines is 1. The van der Waals surface area contributed by atoms with Gasteiger partial charge in [0.1, 0.15) is 0 Å². The minimum atomic E-state index is 0.369. The monoisotopic (exact) mass is 275 g/mol. The summed E-state index contributed by atoms with van der Waals surface area (Å²) in [6, 6.07) is 10.9. The van der Waals surface area contributed by atoms with Crippen LogP contribution < -0.4 is 10.2 Å². The van der Waals surface area contributed by atoms with Crippen molar-refractivity contribution in [2.45, 2.75) is 19.4 Å². The Labute approximate surface area is 119 Å². The van der Waals surface area contributed by atoms with Gasteiger partial charge in [-0.1, -0.05) is 30.3 Å². The maximum Gasteiger partial charge on any atom is 0.185 e. The van der Waals surface area contributed by atoms with Gasteiger partial charge in [-0.3, -0.25) is 0 Å². The molecule has 19 heavy (non-hydrogen) atoms. The number of aromatic nitrogens is 1. The van der Waals surface area contributed by atoms with Crippen LogP contribution in [0.5, 0.6) is 0 Å². The van der Waals surface area contributed by atoms with Gasteiger partial charge in [0, 0.05) is 30.7 Å². The minimum absolute atomic E-state index is 0.369. The lowest BCUT2D eigenvalue weighted by Crippen LogP contribution is -2.19. The van der Waals surface area contributed by atoms with Crippen LogP contribution in [0.2, 0.25) is 0 Å². The summed E-state index contributed by atoms with van der Waals surface area (Å²) in [5, 5.41) is 4.33. The molecule has 0 amide bonds. The Hall–Kier alpha value is -1.39. The Morgan fingerprint density at radius 1 is 1.32 bits per heavy atom. The first-order valence-corrected chi connectivity index (χ1v) is 7.40. The molecule has 0 saturated carbocycles. The first-order chi connectivity index (χ1) is 9.20. The normalized spacial score (nSPS) is 12.4. The fourth-order valence-corrected chi connectivity index (χ4v) is 2.80. The third kappa shape index (κ3) is 3.78. The standard InChI is InChI=1S/C15H21N3S/c1-12(16-2)14-11-17-15(19-14)18(3)10-9-13-7-5-4-6-8-13/h4-8,11-12,16H,9-10H2,1-3H3. The molecule has 0 fully saturated rings. The number of benzene rings is 1. The van der Waals surface area contributed by atoms with Gasteiger partial charge in [-0.25, -0.2) is 4.98 Å². The summed E-state index contributed by atoms with van der Waals surface area (Å²) in [6.07, 6.45) is 3.02. The first kappa shape index (κ1) is 14.0. The van der Waals surface area contributed by atoms with Crippen molar-refractivity contribution in [1.82, 2.24) is 10.3 Å². The lowest BCUT2D eigenvalue weighted by molar-refractivity contribution is 0.662. The van der Waals surface area contributed by atoms with Crippen LogP contribution in [-0.4, -0.2) is 25.6 Å². The molecule has 2 rings (SSSR count). The molecule has 1 aromatic carbocycles. The Morgan fingerprint density at radius 3 is 2.74 bits per heavy atom. The Kier molecular flexibility index (Phi) is 4.93. The fraction of sp³-hybridized carbons (Fsp3) is 0.400. The van der Waals surface area contributed by atoms with E-state index in [-0.39, 0.29) is 0 Å². The van der Waals surface area contributed by atoms with Crippen LogP contribution in [0.1, 0.15) is 23.4 Å². The molecule has 0 aliphatic heterocycles. The van der Waals surface area contributed by atoms with E-state index < -0.39 is 0 Å². The zero-order chi connectivity index (χ0) is 13.7. The van der Waals surface area contributed by atoms with Gasteiger partial charge in [0.05, 0.1) is 0 Å². The van der Waals surface area contributed by atoms with E-state index in [9.17, 15) is 0 Å². The van der Waals surface area contributed by atoms with E-state index in [1.165, 1.54) is 10.4 Å². The van der Waals surface area contributed by atoms with Crippen molar-refractivity contribution in [3.63, 3.8) is 0 Å². The van der Waals surface area contributed by atoms with E-state index in [2.05, 4.69) is 59.5 Å². The summed E-state index contributed by atoms with van der Waals surface area (Å²) in [5.74, 6) is 0. The predicted octanol–water partition coefficient (Wildman–Crippen LogP) is 3.10. The van der Waals surface area contributed by atoms with Gasteiger partial charge in [-0.15, -0.1) is 11.3 Å². The van der Waals surface area contributed by atoms with Crippen LogP contribution in [-0.2, 0) is 6.42 Å². The SMILES string of the molecule is CNC(C)c1cnc(N(C)CCc2ccccc2)s1. The molecule has 1 N–H and O–H groups in total. The van der Waals surface area contributed by atoms with Crippen LogP contribution in [0.25, 0.3) is 0 Å². The molecule has 0 radical (unpaired) electrons. The molecule has 4 heteroatoms. The molecule has 2 aromatic rings. The summed E-state index contributed by atoms with van der Waals surface area (Å²) in [6.45, 7) is 3.15. The lowest BCUT2D eigenvalue weighted by Gasteiger charge is -2.15. The average molecular weight is 275 g/mol. The van der Waals surface area contributed by atoms with Gasteiger partial charge in [0.15, 0.2) is 5.13 Å². The smallest absolute Gasteiger partial charge is 0.185 e. The second-order valence-corrected chi connectivity index (χ2v) is 5.75. The van der Waals surface area contributed by atoms with Crippen LogP contribution in [0, 0.1) is 0 Å². The molecule has 0 bridgehead atoms. The maximum absolute atomic E-state index is 4.50. The summed E-state index contributed by atoms with van der Waals surface area (Å²) < 4.78 is 0. The highest BCUT2D eigenvalue weighted by Gasteiger charge is 2.10. The Bertz CT molecular complexity index is 495. The highest BCUT2D eigenvalue weighted by Crippen LogP contribution is 2.26. The van der Waals surface area contributed by atoms with Gasteiger partial charge < -0.3 is 10.2 Å². The van der Waals surface area contributed by atoms with Crippen molar-refractivity contribution in [3.8, 4) is 0 Å². The van der Waals surface area contributed by atoms with E-state index in [0.29, 0.717) is 6.04 Å². The van der Waals surface area contributed by atoms with Crippen LogP contribution >= 0.6 is 11.3 Å². The molecule has 1 unspecified atom stereocenters. The topological polar surface area (TPSA) is 28.2 Å². The Morgan fingerprint density at radius 2 is 2.05 bits per heavy atom. The highest BCUT2D eigenvalue weighted by molar-refractivity contribution is 7.15. The van der Waals surface area contributed by atoms with E-state index in [0.717, 1.165) is 18.1 Å². The third-order valence-electron chi connectivity index (χ3n) is 3.28. The summed E-state index contributed by atoms with van der Waals surface area (Å²) in [4.78, 5) is 8.01. The van der Waals surface area contributed by atoms with E-state index in [4.69, 9.17) is 0 Å². The van der Waals surface area contributed by atoms with Gasteiger partial charge in [-0.2, -0.15) is 0 Å². The molecule has 0 aliphatic rings. The largest absolute Gasteiger partial charge is 0.351 e. The van der Waals surface area contributed by atoms with Crippen molar-refractivity contribution in [1.29, 1.82) is 0 Å². The third-order valence-corrected chi connectivity index (χ3v) is 4.57. The molecule has 102 valence electrons. The first-order valence-electron chi connectivity index (χ1n) is 6.58. The van der Waals surface area contributed by atoms with Gasteiger partial charge >= 0.3 is 0 Å². The van der Waals surface area contributed by atoms with E-state index in [1.807, 2.05) is 13.2 Å². The number of rotatable bonds is 6. The van der Waals surface area contributed by atoms with E-state index in [1.54, 1.807) is 11.3 Å².